The highest BCUT2D eigenvalue weighted by molar-refractivity contribution is 6.43. The molecular weight excluding hydrogens is 565 g/mol. The number of aromatic hydroxyl groups is 1. The molecule has 7 rings (SSSR count). The molecule has 2 heterocycles. The second-order valence-corrected chi connectivity index (χ2v) is 13.1. The summed E-state index contributed by atoms with van der Waals surface area (Å²) in [6.45, 7) is -0.198. The summed E-state index contributed by atoms with van der Waals surface area (Å²) in [6, 6.07) is 21.5. The molecule has 0 aromatic heterocycles. The first-order valence-electron chi connectivity index (χ1n) is 16.4. The minimum Gasteiger partial charge on any atom is -0.507 e. The molecule has 4 aliphatic rings. The van der Waals surface area contributed by atoms with Gasteiger partial charge >= 0.3 is 7.12 Å². The van der Waals surface area contributed by atoms with E-state index in [9.17, 15) is 24.8 Å². The quantitative estimate of drug-likeness (QED) is 0.132. The zero-order chi connectivity index (χ0) is 31.1. The van der Waals surface area contributed by atoms with Gasteiger partial charge in [0.2, 0.25) is 11.8 Å². The van der Waals surface area contributed by atoms with Crippen molar-refractivity contribution in [2.24, 2.45) is 17.8 Å². The third-order valence-electron chi connectivity index (χ3n) is 10.6. The number of phenolic OH excluding ortho intramolecular Hbond substituents is 1. The van der Waals surface area contributed by atoms with Crippen LogP contribution in [0, 0.1) is 17.8 Å². The lowest BCUT2D eigenvalue weighted by atomic mass is 9.58. The summed E-state index contributed by atoms with van der Waals surface area (Å²) in [7, 11) is -1.06. The number of fused-ring (bicyclic) bond motifs is 4. The van der Waals surface area contributed by atoms with E-state index in [2.05, 4.69) is 18.2 Å². The van der Waals surface area contributed by atoms with Gasteiger partial charge in [0.25, 0.3) is 0 Å². The Morgan fingerprint density at radius 1 is 0.911 bits per heavy atom. The number of hydrogen-bond donors (Lipinski definition) is 3. The standard InChI is InChI=1S/C37H40BNO6/c40-22-26-20-30-35(37(43)39(36(30)42)27-11-5-2-6-12-27)31-21-38(44)45-33(34(26)31)18-16-24(23-9-3-1-4-10-23)19-25-15-17-32(41)29-14-8-7-13-28(25)29/h1,3-4,7-10,13-15,17,19,27,30-31,33,35,40-41,44H,2,5-6,11-12,16,18,20-22H2/b24-19-/t30-,31+,33-,35-/m1/s1. The highest BCUT2D eigenvalue weighted by Crippen LogP contribution is 2.51. The van der Waals surface area contributed by atoms with E-state index in [4.69, 9.17) is 4.65 Å². The lowest BCUT2D eigenvalue weighted by molar-refractivity contribution is -0.143. The van der Waals surface area contributed by atoms with Gasteiger partial charge in [0.05, 0.1) is 24.5 Å². The number of carbonyl (C=O) groups is 2. The first kappa shape index (κ1) is 30.0. The van der Waals surface area contributed by atoms with Gasteiger partial charge in [-0.3, -0.25) is 14.5 Å². The molecule has 45 heavy (non-hydrogen) atoms. The van der Waals surface area contributed by atoms with Crippen LogP contribution in [0.5, 0.6) is 5.75 Å². The Labute approximate surface area is 264 Å². The first-order valence-corrected chi connectivity index (χ1v) is 16.4. The second-order valence-electron chi connectivity index (χ2n) is 13.1. The largest absolute Gasteiger partial charge is 0.507 e. The highest BCUT2D eigenvalue weighted by Gasteiger charge is 2.58. The summed E-state index contributed by atoms with van der Waals surface area (Å²) in [4.78, 5) is 29.2. The fourth-order valence-corrected chi connectivity index (χ4v) is 8.49. The van der Waals surface area contributed by atoms with Crippen molar-refractivity contribution < 1.29 is 29.5 Å². The van der Waals surface area contributed by atoms with E-state index in [1.54, 1.807) is 11.0 Å². The Kier molecular flexibility index (Phi) is 8.38. The van der Waals surface area contributed by atoms with Crippen LogP contribution in [0.1, 0.15) is 62.5 Å². The van der Waals surface area contributed by atoms with Gasteiger partial charge in [-0.2, -0.15) is 0 Å². The van der Waals surface area contributed by atoms with E-state index in [0.29, 0.717) is 19.3 Å². The third kappa shape index (κ3) is 5.54. The molecule has 232 valence electrons. The molecule has 0 bridgehead atoms. The number of likely N-dealkylation sites (tertiary alicyclic amines) is 1. The monoisotopic (exact) mass is 605 g/mol. The molecule has 3 fully saturated rings. The minimum atomic E-state index is -1.06. The normalized spacial score (nSPS) is 26.0. The average molecular weight is 606 g/mol. The molecule has 7 nitrogen and oxygen atoms in total. The van der Waals surface area contributed by atoms with Crippen molar-refractivity contribution in [3.8, 4) is 5.75 Å². The van der Waals surface area contributed by atoms with Gasteiger partial charge < -0.3 is 19.9 Å². The van der Waals surface area contributed by atoms with Crippen molar-refractivity contribution in [3.05, 3.63) is 89.0 Å². The predicted molar refractivity (Wildman–Crippen MR) is 175 cm³/mol. The van der Waals surface area contributed by atoms with Crippen LogP contribution >= 0.6 is 0 Å². The molecule has 0 spiro atoms. The zero-order valence-electron chi connectivity index (χ0n) is 25.5. The average Bonchev–Trinajstić information content (AvgIpc) is 3.33. The maximum Gasteiger partial charge on any atom is 0.455 e. The number of benzene rings is 3. The van der Waals surface area contributed by atoms with Crippen LogP contribution in [0.3, 0.4) is 0 Å². The number of amides is 2. The molecular formula is C37H40BNO6. The van der Waals surface area contributed by atoms with Crippen LogP contribution in [0.25, 0.3) is 22.4 Å². The van der Waals surface area contributed by atoms with Crippen LogP contribution in [-0.4, -0.2) is 57.8 Å². The first-order chi connectivity index (χ1) is 21.9. The number of aliphatic hydroxyl groups is 1. The number of imide groups is 1. The maximum atomic E-state index is 14.0. The number of aliphatic hydroxyl groups excluding tert-OH is 1. The molecule has 4 atom stereocenters. The molecule has 2 aliphatic carbocycles. The zero-order valence-corrected chi connectivity index (χ0v) is 25.5. The van der Waals surface area contributed by atoms with E-state index in [0.717, 1.165) is 70.7 Å². The van der Waals surface area contributed by atoms with Crippen molar-refractivity contribution >= 4 is 41.4 Å². The molecule has 3 aromatic rings. The Morgan fingerprint density at radius 2 is 1.64 bits per heavy atom. The van der Waals surface area contributed by atoms with Gasteiger partial charge in [-0.1, -0.05) is 86.0 Å². The lowest BCUT2D eigenvalue weighted by Gasteiger charge is -2.43. The Hall–Kier alpha value is -3.72. The van der Waals surface area contributed by atoms with Crippen molar-refractivity contribution in [2.75, 3.05) is 6.61 Å². The molecule has 8 heteroatoms. The minimum absolute atomic E-state index is 0.0412. The summed E-state index contributed by atoms with van der Waals surface area (Å²) in [5.41, 5.74) is 4.79. The van der Waals surface area contributed by atoms with Crippen molar-refractivity contribution in [1.82, 2.24) is 4.90 Å². The number of hydrogen-bond acceptors (Lipinski definition) is 6. The van der Waals surface area contributed by atoms with Crippen molar-refractivity contribution in [3.63, 3.8) is 0 Å². The molecule has 0 unspecified atom stereocenters. The van der Waals surface area contributed by atoms with Crippen LogP contribution in [-0.2, 0) is 14.2 Å². The van der Waals surface area contributed by atoms with Gasteiger partial charge in [-0.05, 0) is 83.6 Å². The molecule has 2 aliphatic heterocycles. The summed E-state index contributed by atoms with van der Waals surface area (Å²) >= 11 is 0. The third-order valence-corrected chi connectivity index (χ3v) is 10.6. The van der Waals surface area contributed by atoms with E-state index in [-0.39, 0.29) is 42.5 Å². The molecule has 1 saturated carbocycles. The number of rotatable bonds is 7. The topological polar surface area (TPSA) is 107 Å². The molecule has 3 aromatic carbocycles. The van der Waals surface area contributed by atoms with Crippen molar-refractivity contribution in [2.45, 2.75) is 69.8 Å². The molecule has 2 saturated heterocycles. The van der Waals surface area contributed by atoms with Crippen LogP contribution in [0.2, 0.25) is 6.32 Å². The van der Waals surface area contributed by atoms with Crippen LogP contribution < -0.4 is 0 Å². The van der Waals surface area contributed by atoms with Gasteiger partial charge in [0.1, 0.15) is 5.75 Å². The summed E-state index contributed by atoms with van der Waals surface area (Å²) < 4.78 is 6.18. The predicted octanol–water partition coefficient (Wildman–Crippen LogP) is 5.99. The Morgan fingerprint density at radius 3 is 2.40 bits per heavy atom. The van der Waals surface area contributed by atoms with Crippen molar-refractivity contribution in [1.29, 1.82) is 0 Å². The number of phenols is 1. The van der Waals surface area contributed by atoms with E-state index < -0.39 is 25.1 Å². The Bertz CT molecular complexity index is 1660. The van der Waals surface area contributed by atoms with Gasteiger partial charge in [-0.15, -0.1) is 0 Å². The maximum absolute atomic E-state index is 14.0. The van der Waals surface area contributed by atoms with Crippen LogP contribution in [0.4, 0.5) is 0 Å². The van der Waals surface area contributed by atoms with E-state index in [1.807, 2.05) is 48.5 Å². The molecule has 2 amide bonds. The van der Waals surface area contributed by atoms with Gasteiger partial charge in [0.15, 0.2) is 0 Å². The van der Waals surface area contributed by atoms with Crippen LogP contribution in [0.15, 0.2) is 77.9 Å². The van der Waals surface area contributed by atoms with E-state index in [1.165, 1.54) is 0 Å². The SMILES string of the molecule is O=C1[C@@H]2[C@@H](CC(CO)=C3[C@@H](CC/C(=C/c4ccc(O)c5ccccc45)c4ccccc4)OB(O)C[C@@H]32)C(=O)N1C1CCCCC1. The number of nitrogens with zero attached hydrogens (tertiary/aromatic N) is 1. The summed E-state index contributed by atoms with van der Waals surface area (Å²) in [6.07, 6.45) is 8.31. The fraction of sp³-hybridized carbons (Fsp3) is 0.405. The van der Waals surface area contributed by atoms with E-state index >= 15 is 0 Å². The lowest BCUT2D eigenvalue weighted by Crippen LogP contribution is -2.47. The number of allylic oxidation sites excluding steroid dienone is 1. The smallest absolute Gasteiger partial charge is 0.455 e. The molecule has 0 radical (unpaired) electrons. The second kappa shape index (κ2) is 12.6. The van der Waals surface area contributed by atoms with Gasteiger partial charge in [0, 0.05) is 11.4 Å². The molecule has 3 N–H and O–H groups in total. The highest BCUT2D eigenvalue weighted by atomic mass is 16.5. The summed E-state index contributed by atoms with van der Waals surface area (Å²) in [5.74, 6) is -1.30. The Balaban J connectivity index is 1.21. The summed E-state index contributed by atoms with van der Waals surface area (Å²) in [5, 5.41) is 33.7. The number of carbonyl (C=O) groups excluding carboxylic acids is 2. The van der Waals surface area contributed by atoms with Gasteiger partial charge in [-0.25, -0.2) is 0 Å². The fourth-order valence-electron chi connectivity index (χ4n) is 8.49.